The van der Waals surface area contributed by atoms with Crippen molar-refractivity contribution in [1.29, 1.82) is 0 Å². The molecule has 114 valence electrons. The molecule has 3 aliphatic carbocycles. The zero-order valence-corrected chi connectivity index (χ0v) is 13.2. The van der Waals surface area contributed by atoms with Crippen molar-refractivity contribution in [1.82, 2.24) is 0 Å². The van der Waals surface area contributed by atoms with Gasteiger partial charge in [0.2, 0.25) is 0 Å². The largest absolute Gasteiger partial charge is 0.465 e. The first kappa shape index (κ1) is 14.4. The number of rotatable bonds is 5. The van der Waals surface area contributed by atoms with E-state index in [2.05, 4.69) is 13.8 Å². The molecule has 0 aromatic heterocycles. The van der Waals surface area contributed by atoms with E-state index in [1.54, 1.807) is 0 Å². The van der Waals surface area contributed by atoms with Gasteiger partial charge in [-0.1, -0.05) is 52.4 Å². The summed E-state index contributed by atoms with van der Waals surface area (Å²) in [6.45, 7) is 5.44. The van der Waals surface area contributed by atoms with E-state index < -0.39 is 0 Å². The number of esters is 1. The standard InChI is InChI=1S/C18H30O2/c1-13(14-7-4-3-5-8-14)16-11-18(16,2)12-20-17(19)15-9-6-10-15/h13-16H,3-12H2,1-2H3/t13-,16-,18-/m0/s1. The molecule has 0 heterocycles. The Balaban J connectivity index is 1.44. The average Bonchev–Trinajstić information content (AvgIpc) is 3.07. The van der Waals surface area contributed by atoms with Gasteiger partial charge >= 0.3 is 5.97 Å². The Labute approximate surface area is 123 Å². The third kappa shape index (κ3) is 2.89. The van der Waals surface area contributed by atoms with Crippen molar-refractivity contribution in [2.45, 2.75) is 71.6 Å². The van der Waals surface area contributed by atoms with Crippen LogP contribution in [-0.2, 0) is 9.53 Å². The third-order valence-electron chi connectivity index (χ3n) is 6.43. The van der Waals surface area contributed by atoms with Gasteiger partial charge < -0.3 is 4.74 Å². The van der Waals surface area contributed by atoms with Gasteiger partial charge in [0.05, 0.1) is 12.5 Å². The van der Waals surface area contributed by atoms with Gasteiger partial charge in [0.25, 0.3) is 0 Å². The summed E-state index contributed by atoms with van der Waals surface area (Å²) in [6.07, 6.45) is 11.7. The summed E-state index contributed by atoms with van der Waals surface area (Å²) in [4.78, 5) is 11.9. The van der Waals surface area contributed by atoms with E-state index in [0.29, 0.717) is 6.61 Å². The van der Waals surface area contributed by atoms with Gasteiger partial charge in [0, 0.05) is 5.41 Å². The average molecular weight is 278 g/mol. The number of carbonyl (C=O) groups is 1. The first-order chi connectivity index (χ1) is 9.60. The van der Waals surface area contributed by atoms with E-state index in [0.717, 1.165) is 30.6 Å². The molecular formula is C18H30O2. The van der Waals surface area contributed by atoms with Crippen molar-refractivity contribution in [2.24, 2.45) is 29.1 Å². The molecule has 0 saturated heterocycles. The lowest BCUT2D eigenvalue weighted by atomic mass is 9.77. The molecule has 2 nitrogen and oxygen atoms in total. The number of ether oxygens (including phenoxy) is 1. The molecule has 0 aliphatic heterocycles. The summed E-state index contributed by atoms with van der Waals surface area (Å²) >= 11 is 0. The van der Waals surface area contributed by atoms with Gasteiger partial charge in [-0.3, -0.25) is 4.79 Å². The molecule has 0 aromatic carbocycles. The van der Waals surface area contributed by atoms with Gasteiger partial charge in [-0.2, -0.15) is 0 Å². The van der Waals surface area contributed by atoms with Crippen LogP contribution in [0.5, 0.6) is 0 Å². The van der Waals surface area contributed by atoms with E-state index in [-0.39, 0.29) is 17.3 Å². The normalized spacial score (nSPS) is 36.2. The summed E-state index contributed by atoms with van der Waals surface area (Å²) in [5, 5.41) is 0. The van der Waals surface area contributed by atoms with Crippen LogP contribution in [-0.4, -0.2) is 12.6 Å². The van der Waals surface area contributed by atoms with E-state index >= 15 is 0 Å². The second-order valence-corrected chi connectivity index (χ2v) is 7.96. The summed E-state index contributed by atoms with van der Waals surface area (Å²) in [5.41, 5.74) is 0.288. The van der Waals surface area contributed by atoms with E-state index in [4.69, 9.17) is 4.74 Å². The van der Waals surface area contributed by atoms with Gasteiger partial charge in [-0.05, 0) is 37.0 Å². The van der Waals surface area contributed by atoms with Crippen LogP contribution in [0, 0.1) is 29.1 Å². The minimum atomic E-state index is 0.0773. The number of carbonyl (C=O) groups excluding carboxylic acids is 1. The van der Waals surface area contributed by atoms with Crippen molar-refractivity contribution >= 4 is 5.97 Å². The first-order valence-electron chi connectivity index (χ1n) is 8.77. The van der Waals surface area contributed by atoms with Gasteiger partial charge in [-0.25, -0.2) is 0 Å². The molecule has 0 bridgehead atoms. The highest BCUT2D eigenvalue weighted by Crippen LogP contribution is 2.59. The van der Waals surface area contributed by atoms with Crippen molar-refractivity contribution in [2.75, 3.05) is 6.61 Å². The lowest BCUT2D eigenvalue weighted by molar-refractivity contribution is -0.153. The van der Waals surface area contributed by atoms with Crippen molar-refractivity contribution < 1.29 is 9.53 Å². The van der Waals surface area contributed by atoms with Gasteiger partial charge in [0.15, 0.2) is 0 Å². The fourth-order valence-corrected chi connectivity index (χ4v) is 4.42. The second kappa shape index (κ2) is 5.69. The highest BCUT2D eigenvalue weighted by Gasteiger charge is 2.54. The molecule has 0 radical (unpaired) electrons. The molecule has 3 atom stereocenters. The fourth-order valence-electron chi connectivity index (χ4n) is 4.42. The molecule has 3 rings (SSSR count). The maximum atomic E-state index is 11.9. The Hall–Kier alpha value is -0.530. The van der Waals surface area contributed by atoms with Gasteiger partial charge in [0.1, 0.15) is 0 Å². The lowest BCUT2D eigenvalue weighted by Crippen LogP contribution is -2.27. The topological polar surface area (TPSA) is 26.3 Å². The predicted molar refractivity (Wildman–Crippen MR) is 80.3 cm³/mol. The minimum absolute atomic E-state index is 0.0773. The highest BCUT2D eigenvalue weighted by atomic mass is 16.5. The van der Waals surface area contributed by atoms with Crippen LogP contribution in [0.15, 0.2) is 0 Å². The molecule has 3 aliphatic rings. The molecule has 3 saturated carbocycles. The van der Waals surface area contributed by atoms with Crippen molar-refractivity contribution in [3.8, 4) is 0 Å². The molecule has 20 heavy (non-hydrogen) atoms. The monoisotopic (exact) mass is 278 g/mol. The van der Waals surface area contributed by atoms with Crippen LogP contribution in [0.1, 0.15) is 71.6 Å². The minimum Gasteiger partial charge on any atom is -0.465 e. The van der Waals surface area contributed by atoms with E-state index in [1.807, 2.05) is 0 Å². The van der Waals surface area contributed by atoms with Crippen LogP contribution in [0.2, 0.25) is 0 Å². The van der Waals surface area contributed by atoms with Crippen molar-refractivity contribution in [3.05, 3.63) is 0 Å². The maximum absolute atomic E-state index is 11.9. The van der Waals surface area contributed by atoms with Gasteiger partial charge in [-0.15, -0.1) is 0 Å². The van der Waals surface area contributed by atoms with Crippen LogP contribution >= 0.6 is 0 Å². The molecule has 2 heteroatoms. The van der Waals surface area contributed by atoms with E-state index in [9.17, 15) is 4.79 Å². The second-order valence-electron chi connectivity index (χ2n) is 7.96. The molecular weight excluding hydrogens is 248 g/mol. The van der Waals surface area contributed by atoms with Crippen molar-refractivity contribution in [3.63, 3.8) is 0 Å². The van der Waals surface area contributed by atoms with Crippen LogP contribution in [0.4, 0.5) is 0 Å². The number of hydrogen-bond donors (Lipinski definition) is 0. The summed E-state index contributed by atoms with van der Waals surface area (Å²) in [7, 11) is 0. The quantitative estimate of drug-likeness (QED) is 0.688. The zero-order valence-electron chi connectivity index (χ0n) is 13.2. The highest BCUT2D eigenvalue weighted by molar-refractivity contribution is 5.73. The Morgan fingerprint density at radius 3 is 2.45 bits per heavy atom. The van der Waals surface area contributed by atoms with Crippen LogP contribution < -0.4 is 0 Å². The molecule has 0 aromatic rings. The molecule has 0 N–H and O–H groups in total. The third-order valence-corrected chi connectivity index (χ3v) is 6.43. The predicted octanol–water partition coefficient (Wildman–Crippen LogP) is 4.57. The summed E-state index contributed by atoms with van der Waals surface area (Å²) in [6, 6.07) is 0. The summed E-state index contributed by atoms with van der Waals surface area (Å²) in [5.74, 6) is 2.85. The lowest BCUT2D eigenvalue weighted by Gasteiger charge is -2.29. The molecule has 0 amide bonds. The van der Waals surface area contributed by atoms with Crippen LogP contribution in [0.25, 0.3) is 0 Å². The molecule has 0 unspecified atom stereocenters. The Kier molecular flexibility index (Phi) is 4.10. The molecule has 0 spiro atoms. The van der Waals surface area contributed by atoms with Crippen LogP contribution in [0.3, 0.4) is 0 Å². The Morgan fingerprint density at radius 1 is 1.15 bits per heavy atom. The smallest absolute Gasteiger partial charge is 0.308 e. The zero-order chi connectivity index (χ0) is 14.2. The summed E-state index contributed by atoms with van der Waals surface area (Å²) < 4.78 is 5.60. The van der Waals surface area contributed by atoms with E-state index in [1.165, 1.54) is 44.9 Å². The Morgan fingerprint density at radius 2 is 1.85 bits per heavy atom. The first-order valence-corrected chi connectivity index (χ1v) is 8.77. The fraction of sp³-hybridized carbons (Fsp3) is 0.944. The Bertz CT molecular complexity index is 354. The SMILES string of the molecule is C[C@@H](C1CCCCC1)[C@@H]1C[C@@]1(C)COC(=O)C1CCC1. The maximum Gasteiger partial charge on any atom is 0.308 e. The number of hydrogen-bond acceptors (Lipinski definition) is 2. The molecule has 3 fully saturated rings.